The Morgan fingerprint density at radius 1 is 1.37 bits per heavy atom. The van der Waals surface area contributed by atoms with Crippen LogP contribution in [-0.2, 0) is 4.74 Å². The van der Waals surface area contributed by atoms with E-state index in [1.165, 1.54) is 0 Å². The van der Waals surface area contributed by atoms with Gasteiger partial charge in [-0.3, -0.25) is 4.98 Å². The van der Waals surface area contributed by atoms with Gasteiger partial charge in [0.25, 0.3) is 0 Å². The van der Waals surface area contributed by atoms with Crippen molar-refractivity contribution in [1.29, 1.82) is 0 Å². The summed E-state index contributed by atoms with van der Waals surface area (Å²) < 4.78 is 4.94. The number of nitrogen functional groups attached to an aromatic ring is 1. The van der Waals surface area contributed by atoms with Gasteiger partial charge in [0, 0.05) is 55.2 Å². The van der Waals surface area contributed by atoms with E-state index < -0.39 is 6.10 Å². The first kappa shape index (κ1) is 13.6. The number of pyridine rings is 1. The van der Waals surface area contributed by atoms with E-state index in [2.05, 4.69) is 4.98 Å². The van der Waals surface area contributed by atoms with Crippen molar-refractivity contribution < 1.29 is 9.84 Å². The Hall–Kier alpha value is -1.85. The number of anilines is 2. The number of aromatic nitrogens is 1. The summed E-state index contributed by atoms with van der Waals surface area (Å²) in [6.07, 6.45) is 2.97. The summed E-state index contributed by atoms with van der Waals surface area (Å²) in [5, 5.41) is 11.8. The summed E-state index contributed by atoms with van der Waals surface area (Å²) >= 11 is 0. The fraction of sp³-hybridized carbons (Fsp3) is 0.357. The third-order valence-electron chi connectivity index (χ3n) is 3.08. The van der Waals surface area contributed by atoms with Gasteiger partial charge in [0.15, 0.2) is 0 Å². The number of hydrogen-bond acceptors (Lipinski definition) is 5. The predicted molar refractivity (Wildman–Crippen MR) is 77.3 cm³/mol. The number of hydrogen-bond donors (Lipinski definition) is 2. The van der Waals surface area contributed by atoms with Crippen molar-refractivity contribution in [2.45, 2.75) is 6.10 Å². The van der Waals surface area contributed by atoms with Gasteiger partial charge in [-0.15, -0.1) is 0 Å². The average molecular weight is 261 g/mol. The van der Waals surface area contributed by atoms with E-state index in [1.807, 2.05) is 30.1 Å². The number of aliphatic hydroxyl groups excluding tert-OH is 1. The quantitative estimate of drug-likeness (QED) is 0.793. The van der Waals surface area contributed by atoms with Gasteiger partial charge < -0.3 is 20.5 Å². The summed E-state index contributed by atoms with van der Waals surface area (Å²) in [5.74, 6) is 0. The van der Waals surface area contributed by atoms with Gasteiger partial charge in [-0.25, -0.2) is 0 Å². The maximum absolute atomic E-state index is 9.80. The van der Waals surface area contributed by atoms with E-state index in [1.54, 1.807) is 19.5 Å². The lowest BCUT2D eigenvalue weighted by Gasteiger charge is -2.24. The van der Waals surface area contributed by atoms with E-state index in [-0.39, 0.29) is 0 Å². The van der Waals surface area contributed by atoms with Crippen LogP contribution in [0.4, 0.5) is 11.4 Å². The minimum atomic E-state index is -0.524. The molecule has 0 spiro atoms. The Morgan fingerprint density at radius 3 is 2.89 bits per heavy atom. The normalized spacial score (nSPS) is 12.6. The number of nitrogens with two attached hydrogens (primary N) is 1. The van der Waals surface area contributed by atoms with Crippen LogP contribution in [0.2, 0.25) is 0 Å². The number of nitrogens with zero attached hydrogens (tertiary/aromatic N) is 2. The first-order valence-electron chi connectivity index (χ1n) is 6.14. The predicted octanol–water partition coefficient (Wildman–Crippen LogP) is 1.26. The van der Waals surface area contributed by atoms with Gasteiger partial charge >= 0.3 is 0 Å². The second-order valence-electron chi connectivity index (χ2n) is 4.58. The molecule has 3 N–H and O–H groups in total. The molecule has 5 nitrogen and oxygen atoms in total. The Bertz CT molecular complexity index is 559. The van der Waals surface area contributed by atoms with Crippen LogP contribution in [0.25, 0.3) is 10.8 Å². The van der Waals surface area contributed by atoms with Crippen LogP contribution >= 0.6 is 0 Å². The molecular formula is C14H19N3O2. The van der Waals surface area contributed by atoms with Crippen molar-refractivity contribution in [3.05, 3.63) is 30.6 Å². The van der Waals surface area contributed by atoms with Gasteiger partial charge in [0.2, 0.25) is 0 Å². The number of likely N-dealkylation sites (N-methyl/N-ethyl adjacent to an activating group) is 1. The van der Waals surface area contributed by atoms with Gasteiger partial charge in [-0.1, -0.05) is 0 Å². The lowest BCUT2D eigenvalue weighted by atomic mass is 10.1. The minimum Gasteiger partial charge on any atom is -0.398 e. The summed E-state index contributed by atoms with van der Waals surface area (Å²) in [4.78, 5) is 6.09. The zero-order valence-electron chi connectivity index (χ0n) is 11.2. The third kappa shape index (κ3) is 2.94. The monoisotopic (exact) mass is 261 g/mol. The number of rotatable bonds is 5. The van der Waals surface area contributed by atoms with Crippen molar-refractivity contribution >= 4 is 22.1 Å². The molecule has 0 bridgehead atoms. The van der Waals surface area contributed by atoms with E-state index in [0.29, 0.717) is 18.8 Å². The van der Waals surface area contributed by atoms with E-state index >= 15 is 0 Å². The highest BCUT2D eigenvalue weighted by Gasteiger charge is 2.12. The molecule has 0 aliphatic rings. The van der Waals surface area contributed by atoms with Gasteiger partial charge in [0.1, 0.15) is 0 Å². The second-order valence-corrected chi connectivity index (χ2v) is 4.58. The van der Waals surface area contributed by atoms with E-state index in [9.17, 15) is 5.11 Å². The van der Waals surface area contributed by atoms with Crippen molar-refractivity contribution in [2.75, 3.05) is 37.9 Å². The molecular weight excluding hydrogens is 242 g/mol. The average Bonchev–Trinajstić information content (AvgIpc) is 2.39. The first-order valence-corrected chi connectivity index (χ1v) is 6.14. The highest BCUT2D eigenvalue weighted by Crippen LogP contribution is 2.29. The van der Waals surface area contributed by atoms with Crippen LogP contribution < -0.4 is 10.6 Å². The van der Waals surface area contributed by atoms with Gasteiger partial charge in [-0.2, -0.15) is 0 Å². The van der Waals surface area contributed by atoms with Crippen LogP contribution in [0, 0.1) is 0 Å². The lowest BCUT2D eigenvalue weighted by molar-refractivity contribution is 0.0695. The van der Waals surface area contributed by atoms with Crippen molar-refractivity contribution in [2.24, 2.45) is 0 Å². The molecule has 0 aliphatic heterocycles. The molecule has 1 atom stereocenters. The first-order chi connectivity index (χ1) is 9.13. The molecule has 5 heteroatoms. The molecule has 0 amide bonds. The lowest BCUT2D eigenvalue weighted by Crippen LogP contribution is -2.32. The SMILES string of the molecule is COCC(O)CN(C)c1ccc(N)c2cnccc12. The van der Waals surface area contributed by atoms with Crippen LogP contribution in [0.15, 0.2) is 30.6 Å². The Labute approximate surface area is 112 Å². The number of ether oxygens (including phenoxy) is 1. The maximum atomic E-state index is 9.80. The summed E-state index contributed by atoms with van der Waals surface area (Å²) in [6.45, 7) is 0.813. The Balaban J connectivity index is 2.32. The third-order valence-corrected chi connectivity index (χ3v) is 3.08. The molecule has 19 heavy (non-hydrogen) atoms. The zero-order valence-corrected chi connectivity index (χ0v) is 11.2. The van der Waals surface area contributed by atoms with Crippen LogP contribution in [0.5, 0.6) is 0 Å². The van der Waals surface area contributed by atoms with Crippen LogP contribution in [0.1, 0.15) is 0 Å². The topological polar surface area (TPSA) is 71.6 Å². The molecule has 1 heterocycles. The second kappa shape index (κ2) is 5.86. The van der Waals surface area contributed by atoms with Crippen LogP contribution in [-0.4, -0.2) is 43.5 Å². The number of aliphatic hydroxyl groups is 1. The van der Waals surface area contributed by atoms with Crippen molar-refractivity contribution in [1.82, 2.24) is 4.98 Å². The van der Waals surface area contributed by atoms with Gasteiger partial charge in [0.05, 0.1) is 12.7 Å². The molecule has 1 aromatic carbocycles. The molecule has 0 saturated heterocycles. The molecule has 102 valence electrons. The summed E-state index contributed by atoms with van der Waals surface area (Å²) in [7, 11) is 3.51. The number of methoxy groups -OCH3 is 1. The molecule has 0 radical (unpaired) electrons. The number of fused-ring (bicyclic) bond motifs is 1. The zero-order chi connectivity index (χ0) is 13.8. The Morgan fingerprint density at radius 2 is 2.16 bits per heavy atom. The molecule has 2 rings (SSSR count). The molecule has 1 aromatic heterocycles. The summed E-state index contributed by atoms with van der Waals surface area (Å²) in [6, 6.07) is 5.75. The Kier molecular flexibility index (Phi) is 4.19. The van der Waals surface area contributed by atoms with E-state index in [0.717, 1.165) is 16.5 Å². The largest absolute Gasteiger partial charge is 0.398 e. The van der Waals surface area contributed by atoms with E-state index in [4.69, 9.17) is 10.5 Å². The summed E-state index contributed by atoms with van der Waals surface area (Å²) in [5.41, 5.74) is 7.67. The van der Waals surface area contributed by atoms with Crippen molar-refractivity contribution in [3.8, 4) is 0 Å². The highest BCUT2D eigenvalue weighted by molar-refractivity contribution is 6.00. The molecule has 0 fully saturated rings. The fourth-order valence-corrected chi connectivity index (χ4v) is 2.19. The fourth-order valence-electron chi connectivity index (χ4n) is 2.19. The van der Waals surface area contributed by atoms with Gasteiger partial charge in [-0.05, 0) is 18.2 Å². The standard InChI is InChI=1S/C14H19N3O2/c1-17(8-10(18)9-19-2)14-4-3-13(15)12-7-16-6-5-11(12)14/h3-7,10,18H,8-9,15H2,1-2H3. The van der Waals surface area contributed by atoms with Crippen LogP contribution in [0.3, 0.4) is 0 Å². The highest BCUT2D eigenvalue weighted by atomic mass is 16.5. The molecule has 0 aliphatic carbocycles. The minimum absolute atomic E-state index is 0.318. The van der Waals surface area contributed by atoms with Crippen molar-refractivity contribution in [3.63, 3.8) is 0 Å². The molecule has 1 unspecified atom stereocenters. The number of benzene rings is 1. The maximum Gasteiger partial charge on any atom is 0.0947 e. The molecule has 2 aromatic rings. The molecule has 0 saturated carbocycles. The smallest absolute Gasteiger partial charge is 0.0947 e.